The third-order valence-electron chi connectivity index (χ3n) is 2.88. The van der Waals surface area contributed by atoms with Crippen LogP contribution in [0, 0.1) is 5.92 Å². The van der Waals surface area contributed by atoms with Crippen molar-refractivity contribution in [2.24, 2.45) is 11.7 Å². The zero-order valence-electron chi connectivity index (χ0n) is 10.8. The Bertz CT molecular complexity index is 248. The molecule has 1 aliphatic heterocycles. The van der Waals surface area contributed by atoms with Crippen molar-refractivity contribution in [2.75, 3.05) is 13.1 Å². The molecule has 0 bridgehead atoms. The molecule has 2 N–H and O–H groups in total. The lowest BCUT2D eigenvalue weighted by Crippen LogP contribution is -2.50. The highest BCUT2D eigenvalue weighted by Gasteiger charge is 2.31. The van der Waals surface area contributed by atoms with Crippen LogP contribution in [0.2, 0.25) is 0 Å². The molecule has 4 nitrogen and oxygen atoms in total. The number of ether oxygens (including phenoxy) is 1. The fourth-order valence-corrected chi connectivity index (χ4v) is 2.04. The van der Waals surface area contributed by atoms with E-state index < -0.39 is 5.60 Å². The maximum absolute atomic E-state index is 11.9. The van der Waals surface area contributed by atoms with Crippen molar-refractivity contribution in [2.45, 2.75) is 52.2 Å². The van der Waals surface area contributed by atoms with E-state index in [-0.39, 0.29) is 12.1 Å². The highest BCUT2D eigenvalue weighted by Crippen LogP contribution is 2.23. The van der Waals surface area contributed by atoms with Crippen molar-refractivity contribution in [3.05, 3.63) is 0 Å². The number of amides is 1. The molecule has 0 aromatic carbocycles. The van der Waals surface area contributed by atoms with Crippen LogP contribution in [0.5, 0.6) is 0 Å². The molecule has 4 heteroatoms. The Morgan fingerprint density at radius 1 is 1.50 bits per heavy atom. The van der Waals surface area contributed by atoms with Crippen LogP contribution in [0.1, 0.15) is 40.5 Å². The lowest BCUT2D eigenvalue weighted by Gasteiger charge is -2.38. The van der Waals surface area contributed by atoms with Gasteiger partial charge in [-0.2, -0.15) is 0 Å². The largest absolute Gasteiger partial charge is 0.444 e. The highest BCUT2D eigenvalue weighted by atomic mass is 16.6. The Hall–Kier alpha value is -0.770. The van der Waals surface area contributed by atoms with Crippen LogP contribution in [0.4, 0.5) is 4.79 Å². The van der Waals surface area contributed by atoms with Gasteiger partial charge in [0.25, 0.3) is 0 Å². The van der Waals surface area contributed by atoms with Gasteiger partial charge in [-0.25, -0.2) is 4.79 Å². The van der Waals surface area contributed by atoms with E-state index in [0.29, 0.717) is 12.5 Å². The quantitative estimate of drug-likeness (QED) is 0.746. The van der Waals surface area contributed by atoms with E-state index in [1.807, 2.05) is 20.8 Å². The van der Waals surface area contributed by atoms with Gasteiger partial charge in [0.1, 0.15) is 5.60 Å². The number of likely N-dealkylation sites (tertiary alicyclic amines) is 1. The first kappa shape index (κ1) is 13.3. The van der Waals surface area contributed by atoms with Crippen molar-refractivity contribution in [3.8, 4) is 0 Å². The van der Waals surface area contributed by atoms with Gasteiger partial charge in [0, 0.05) is 19.1 Å². The van der Waals surface area contributed by atoms with E-state index in [0.717, 1.165) is 19.4 Å². The molecular formula is C12H24N2O2. The highest BCUT2D eigenvalue weighted by molar-refractivity contribution is 5.68. The number of carbonyl (C=O) groups excluding carboxylic acids is 1. The number of piperidine rings is 1. The van der Waals surface area contributed by atoms with Gasteiger partial charge in [-0.3, -0.25) is 0 Å². The molecule has 1 saturated heterocycles. The molecule has 0 aromatic rings. The van der Waals surface area contributed by atoms with Crippen LogP contribution in [0.3, 0.4) is 0 Å². The van der Waals surface area contributed by atoms with E-state index in [1.165, 1.54) is 0 Å². The maximum Gasteiger partial charge on any atom is 0.410 e. The summed E-state index contributed by atoms with van der Waals surface area (Å²) >= 11 is 0. The standard InChI is InChI=1S/C12H24N2O2/c1-9-5-6-14(10(7-9)8-13)11(15)16-12(2,3)4/h9-10H,5-8,13H2,1-4H3. The second-order valence-electron chi connectivity index (χ2n) is 5.69. The van der Waals surface area contributed by atoms with Crippen LogP contribution >= 0.6 is 0 Å². The molecule has 2 unspecified atom stereocenters. The number of hydrogen-bond acceptors (Lipinski definition) is 3. The summed E-state index contributed by atoms with van der Waals surface area (Å²) in [4.78, 5) is 13.7. The predicted octanol–water partition coefficient (Wildman–Crippen LogP) is 1.98. The molecule has 0 saturated carbocycles. The van der Waals surface area contributed by atoms with Crippen LogP contribution in [-0.4, -0.2) is 35.7 Å². The first-order valence-electron chi connectivity index (χ1n) is 6.03. The summed E-state index contributed by atoms with van der Waals surface area (Å²) in [5.41, 5.74) is 5.28. The molecule has 16 heavy (non-hydrogen) atoms. The van der Waals surface area contributed by atoms with Gasteiger partial charge in [0.05, 0.1) is 0 Å². The van der Waals surface area contributed by atoms with Gasteiger partial charge in [-0.05, 0) is 39.5 Å². The van der Waals surface area contributed by atoms with E-state index >= 15 is 0 Å². The number of nitrogens with zero attached hydrogens (tertiary/aromatic N) is 1. The van der Waals surface area contributed by atoms with Crippen LogP contribution < -0.4 is 5.73 Å². The summed E-state index contributed by atoms with van der Waals surface area (Å²) in [7, 11) is 0. The molecule has 1 rings (SSSR count). The Morgan fingerprint density at radius 2 is 2.12 bits per heavy atom. The lowest BCUT2D eigenvalue weighted by atomic mass is 9.93. The summed E-state index contributed by atoms with van der Waals surface area (Å²) in [5.74, 6) is 0.646. The van der Waals surface area contributed by atoms with Gasteiger partial charge in [0.2, 0.25) is 0 Å². The molecule has 1 fully saturated rings. The van der Waals surface area contributed by atoms with Crippen LogP contribution in [-0.2, 0) is 4.74 Å². The molecule has 0 spiro atoms. The van der Waals surface area contributed by atoms with E-state index in [2.05, 4.69) is 6.92 Å². The van der Waals surface area contributed by atoms with Crippen LogP contribution in [0.15, 0.2) is 0 Å². The minimum Gasteiger partial charge on any atom is -0.444 e. The third-order valence-corrected chi connectivity index (χ3v) is 2.88. The molecule has 0 aliphatic carbocycles. The maximum atomic E-state index is 11.9. The summed E-state index contributed by atoms with van der Waals surface area (Å²) in [6.45, 7) is 9.13. The Balaban J connectivity index is 2.60. The lowest BCUT2D eigenvalue weighted by molar-refractivity contribution is 0.00675. The second kappa shape index (κ2) is 5.04. The molecule has 1 aliphatic rings. The van der Waals surface area contributed by atoms with Crippen molar-refractivity contribution >= 4 is 6.09 Å². The monoisotopic (exact) mass is 228 g/mol. The zero-order valence-corrected chi connectivity index (χ0v) is 10.8. The van der Waals surface area contributed by atoms with E-state index in [9.17, 15) is 4.79 Å². The van der Waals surface area contributed by atoms with Gasteiger partial charge in [-0.1, -0.05) is 6.92 Å². The average Bonchev–Trinajstić information content (AvgIpc) is 2.14. The Kier molecular flexibility index (Phi) is 4.19. The molecule has 1 amide bonds. The van der Waals surface area contributed by atoms with Gasteiger partial charge in [-0.15, -0.1) is 0 Å². The minimum absolute atomic E-state index is 0.138. The first-order valence-corrected chi connectivity index (χ1v) is 6.03. The zero-order chi connectivity index (χ0) is 12.3. The predicted molar refractivity (Wildman–Crippen MR) is 64.2 cm³/mol. The number of hydrogen-bond donors (Lipinski definition) is 1. The molecular weight excluding hydrogens is 204 g/mol. The van der Waals surface area contributed by atoms with Crippen molar-refractivity contribution in [1.82, 2.24) is 4.90 Å². The molecule has 94 valence electrons. The van der Waals surface area contributed by atoms with Crippen molar-refractivity contribution in [1.29, 1.82) is 0 Å². The van der Waals surface area contributed by atoms with Crippen LogP contribution in [0.25, 0.3) is 0 Å². The van der Waals surface area contributed by atoms with Crippen molar-refractivity contribution < 1.29 is 9.53 Å². The van der Waals surface area contributed by atoms with Gasteiger partial charge in [0.15, 0.2) is 0 Å². The van der Waals surface area contributed by atoms with Crippen molar-refractivity contribution in [3.63, 3.8) is 0 Å². The third kappa shape index (κ3) is 3.67. The second-order valence-corrected chi connectivity index (χ2v) is 5.69. The van der Waals surface area contributed by atoms with E-state index in [4.69, 9.17) is 10.5 Å². The van der Waals surface area contributed by atoms with Gasteiger partial charge < -0.3 is 15.4 Å². The summed E-state index contributed by atoms with van der Waals surface area (Å²) in [6.07, 6.45) is 1.79. The van der Waals surface area contributed by atoms with E-state index in [1.54, 1.807) is 4.90 Å². The average molecular weight is 228 g/mol. The summed E-state index contributed by atoms with van der Waals surface area (Å²) in [6, 6.07) is 0.138. The topological polar surface area (TPSA) is 55.6 Å². The summed E-state index contributed by atoms with van der Waals surface area (Å²) < 4.78 is 5.38. The van der Waals surface area contributed by atoms with Gasteiger partial charge >= 0.3 is 6.09 Å². The molecule has 0 aromatic heterocycles. The molecule has 2 atom stereocenters. The number of rotatable bonds is 1. The first-order chi connectivity index (χ1) is 7.33. The summed E-state index contributed by atoms with van der Waals surface area (Å²) in [5, 5.41) is 0. The molecule has 1 heterocycles. The Morgan fingerprint density at radius 3 is 2.62 bits per heavy atom. The number of carbonyl (C=O) groups is 1. The minimum atomic E-state index is -0.431. The molecule has 0 radical (unpaired) electrons. The normalized spacial score (nSPS) is 26.7. The fourth-order valence-electron chi connectivity index (χ4n) is 2.04. The fraction of sp³-hybridized carbons (Fsp3) is 0.917. The SMILES string of the molecule is CC1CCN(C(=O)OC(C)(C)C)C(CN)C1. The smallest absolute Gasteiger partial charge is 0.410 e. The number of nitrogens with two attached hydrogens (primary N) is 1. The Labute approximate surface area is 98.1 Å².